The van der Waals surface area contributed by atoms with Crippen molar-refractivity contribution in [3.8, 4) is 0 Å². The van der Waals surface area contributed by atoms with E-state index in [2.05, 4.69) is 15.2 Å². The van der Waals surface area contributed by atoms with E-state index in [1.165, 1.54) is 12.1 Å². The number of benzene rings is 2. The molecule has 1 aliphatic rings. The average Bonchev–Trinajstić information content (AvgIpc) is 3.12. The van der Waals surface area contributed by atoms with Crippen molar-refractivity contribution in [1.82, 2.24) is 9.88 Å². The second kappa shape index (κ2) is 10.9. The highest BCUT2D eigenvalue weighted by molar-refractivity contribution is 5.96. The molecule has 7 heteroatoms. The van der Waals surface area contributed by atoms with Gasteiger partial charge in [-0.15, -0.1) is 0 Å². The van der Waals surface area contributed by atoms with Crippen LogP contribution in [0.15, 0.2) is 72.9 Å². The monoisotopic (exact) mass is 460 g/mol. The normalized spacial score (nSPS) is 14.9. The Kier molecular flexibility index (Phi) is 7.52. The number of carbonyl (C=O) groups excluding carboxylic acids is 2. The number of amides is 2. The Morgan fingerprint density at radius 1 is 0.971 bits per heavy atom. The van der Waals surface area contributed by atoms with E-state index in [1.54, 1.807) is 23.2 Å². The molecule has 3 aromatic rings. The standard InChI is InChI=1S/C27H29FN4O2/c1-2-22(20-9-4-3-5-10-20)26(33)30-21-13-14-25(29-19-21)31-15-8-16-32(18-17-31)27(34)23-11-6-7-12-24(23)28/h3-7,9-14,19,22H,2,8,15-18H2,1H3,(H,30,33). The molecule has 34 heavy (non-hydrogen) atoms. The van der Waals surface area contributed by atoms with Gasteiger partial charge in [0.25, 0.3) is 5.91 Å². The van der Waals surface area contributed by atoms with E-state index in [0.717, 1.165) is 24.3 Å². The molecule has 1 unspecified atom stereocenters. The molecule has 0 bridgehead atoms. The Morgan fingerprint density at radius 2 is 1.74 bits per heavy atom. The van der Waals surface area contributed by atoms with Gasteiger partial charge in [-0.05, 0) is 42.7 Å². The van der Waals surface area contributed by atoms with Gasteiger partial charge in [-0.2, -0.15) is 0 Å². The van der Waals surface area contributed by atoms with Crippen molar-refractivity contribution in [1.29, 1.82) is 0 Å². The lowest BCUT2D eigenvalue weighted by Gasteiger charge is -2.23. The molecule has 1 aromatic heterocycles. The Labute approximate surface area is 199 Å². The summed E-state index contributed by atoms with van der Waals surface area (Å²) in [6.45, 7) is 4.40. The lowest BCUT2D eigenvalue weighted by molar-refractivity contribution is -0.117. The lowest BCUT2D eigenvalue weighted by Crippen LogP contribution is -2.35. The van der Waals surface area contributed by atoms with Gasteiger partial charge in [-0.25, -0.2) is 9.37 Å². The first kappa shape index (κ1) is 23.4. The summed E-state index contributed by atoms with van der Waals surface area (Å²) < 4.78 is 14.0. The van der Waals surface area contributed by atoms with Gasteiger partial charge in [0.2, 0.25) is 5.91 Å². The molecular weight excluding hydrogens is 431 g/mol. The zero-order valence-corrected chi connectivity index (χ0v) is 19.3. The molecule has 0 saturated carbocycles. The third kappa shape index (κ3) is 5.42. The summed E-state index contributed by atoms with van der Waals surface area (Å²) in [7, 11) is 0. The maximum atomic E-state index is 14.0. The molecule has 0 aliphatic carbocycles. The molecule has 176 valence electrons. The summed E-state index contributed by atoms with van der Waals surface area (Å²) >= 11 is 0. The molecule has 2 aromatic carbocycles. The highest BCUT2D eigenvalue weighted by Gasteiger charge is 2.23. The summed E-state index contributed by atoms with van der Waals surface area (Å²) in [6, 6.07) is 19.6. The maximum absolute atomic E-state index is 14.0. The fourth-order valence-electron chi connectivity index (χ4n) is 4.29. The van der Waals surface area contributed by atoms with Gasteiger partial charge in [-0.3, -0.25) is 9.59 Å². The van der Waals surface area contributed by atoms with Gasteiger partial charge in [0.1, 0.15) is 11.6 Å². The number of pyridine rings is 1. The minimum absolute atomic E-state index is 0.0553. The van der Waals surface area contributed by atoms with Crippen molar-refractivity contribution in [2.24, 2.45) is 0 Å². The molecule has 1 aliphatic heterocycles. The lowest BCUT2D eigenvalue weighted by atomic mass is 9.95. The summed E-state index contributed by atoms with van der Waals surface area (Å²) in [5.74, 6) is -0.265. The van der Waals surface area contributed by atoms with Crippen LogP contribution in [0.2, 0.25) is 0 Å². The van der Waals surface area contributed by atoms with Crippen LogP contribution in [0, 0.1) is 5.82 Å². The maximum Gasteiger partial charge on any atom is 0.256 e. The molecule has 6 nitrogen and oxygen atoms in total. The van der Waals surface area contributed by atoms with Gasteiger partial charge in [0.15, 0.2) is 0 Å². The number of nitrogens with zero attached hydrogens (tertiary/aromatic N) is 3. The molecule has 1 atom stereocenters. The summed E-state index contributed by atoms with van der Waals surface area (Å²) in [5.41, 5.74) is 1.75. The van der Waals surface area contributed by atoms with Gasteiger partial charge in [-0.1, -0.05) is 49.4 Å². The average molecular weight is 461 g/mol. The molecule has 1 saturated heterocycles. The number of halogens is 1. The Hall–Kier alpha value is -3.74. The second-order valence-electron chi connectivity index (χ2n) is 8.38. The predicted octanol–water partition coefficient (Wildman–Crippen LogP) is 4.71. The van der Waals surface area contributed by atoms with Gasteiger partial charge < -0.3 is 15.1 Å². The molecule has 2 amide bonds. The van der Waals surface area contributed by atoms with Crippen molar-refractivity contribution in [3.05, 3.63) is 89.9 Å². The van der Waals surface area contributed by atoms with Crippen LogP contribution in [0.25, 0.3) is 0 Å². The van der Waals surface area contributed by atoms with Gasteiger partial charge in [0.05, 0.1) is 23.4 Å². The van der Waals surface area contributed by atoms with Crippen LogP contribution in [-0.2, 0) is 4.79 Å². The van der Waals surface area contributed by atoms with Crippen LogP contribution >= 0.6 is 0 Å². The fourth-order valence-corrected chi connectivity index (χ4v) is 4.29. The van der Waals surface area contributed by atoms with Crippen molar-refractivity contribution in [2.75, 3.05) is 36.4 Å². The third-order valence-electron chi connectivity index (χ3n) is 6.15. The minimum Gasteiger partial charge on any atom is -0.355 e. The van der Waals surface area contributed by atoms with Crippen LogP contribution in [0.1, 0.15) is 41.6 Å². The first-order valence-corrected chi connectivity index (χ1v) is 11.7. The number of anilines is 2. The van der Waals surface area contributed by atoms with Gasteiger partial charge >= 0.3 is 0 Å². The Morgan fingerprint density at radius 3 is 2.44 bits per heavy atom. The van der Waals surface area contributed by atoms with Crippen molar-refractivity contribution < 1.29 is 14.0 Å². The van der Waals surface area contributed by atoms with Crippen LogP contribution in [0.5, 0.6) is 0 Å². The number of hydrogen-bond donors (Lipinski definition) is 1. The van der Waals surface area contributed by atoms with E-state index in [-0.39, 0.29) is 23.3 Å². The predicted molar refractivity (Wildman–Crippen MR) is 131 cm³/mol. The highest BCUT2D eigenvalue weighted by atomic mass is 19.1. The zero-order valence-electron chi connectivity index (χ0n) is 19.3. The summed E-state index contributed by atoms with van der Waals surface area (Å²) in [6.07, 6.45) is 3.13. The quantitative estimate of drug-likeness (QED) is 0.579. The smallest absolute Gasteiger partial charge is 0.256 e. The molecule has 0 spiro atoms. The number of rotatable bonds is 6. The summed E-state index contributed by atoms with van der Waals surface area (Å²) in [5, 5.41) is 2.97. The molecule has 2 heterocycles. The minimum atomic E-state index is -0.495. The second-order valence-corrected chi connectivity index (χ2v) is 8.38. The zero-order chi connectivity index (χ0) is 23.9. The van der Waals surface area contributed by atoms with Gasteiger partial charge in [0, 0.05) is 26.2 Å². The van der Waals surface area contributed by atoms with Crippen LogP contribution in [-0.4, -0.2) is 47.9 Å². The molecule has 1 N–H and O–H groups in total. The molecule has 1 fully saturated rings. The van der Waals surface area contributed by atoms with Crippen molar-refractivity contribution in [3.63, 3.8) is 0 Å². The topological polar surface area (TPSA) is 65.5 Å². The van der Waals surface area contributed by atoms with E-state index in [4.69, 9.17) is 0 Å². The number of aromatic nitrogens is 1. The van der Waals surface area contributed by atoms with E-state index in [9.17, 15) is 14.0 Å². The molecule has 0 radical (unpaired) electrons. The SMILES string of the molecule is CCC(C(=O)Nc1ccc(N2CCCN(C(=O)c3ccccc3F)CC2)nc1)c1ccccc1. The fraction of sp³-hybridized carbons (Fsp3) is 0.296. The van der Waals surface area contributed by atoms with Crippen molar-refractivity contribution in [2.45, 2.75) is 25.7 Å². The highest BCUT2D eigenvalue weighted by Crippen LogP contribution is 2.23. The Balaban J connectivity index is 1.37. The van der Waals surface area contributed by atoms with Crippen LogP contribution in [0.3, 0.4) is 0 Å². The van der Waals surface area contributed by atoms with E-state index in [0.29, 0.717) is 31.7 Å². The van der Waals surface area contributed by atoms with E-state index < -0.39 is 5.82 Å². The number of hydrogen-bond acceptors (Lipinski definition) is 4. The number of nitrogens with one attached hydrogen (secondary N) is 1. The molecular formula is C27H29FN4O2. The van der Waals surface area contributed by atoms with Crippen molar-refractivity contribution >= 4 is 23.3 Å². The Bertz CT molecular complexity index is 1120. The molecule has 4 rings (SSSR count). The van der Waals surface area contributed by atoms with Crippen LogP contribution < -0.4 is 10.2 Å². The summed E-state index contributed by atoms with van der Waals surface area (Å²) in [4.78, 5) is 33.9. The van der Waals surface area contributed by atoms with Crippen LogP contribution in [0.4, 0.5) is 15.9 Å². The number of carbonyl (C=O) groups is 2. The first-order chi connectivity index (χ1) is 16.6. The third-order valence-corrected chi connectivity index (χ3v) is 6.15. The van der Waals surface area contributed by atoms with E-state index >= 15 is 0 Å². The largest absolute Gasteiger partial charge is 0.355 e. The van der Waals surface area contributed by atoms with E-state index in [1.807, 2.05) is 49.4 Å². The first-order valence-electron chi connectivity index (χ1n) is 11.7.